The molecule has 0 bridgehead atoms. The van der Waals surface area contributed by atoms with Crippen molar-refractivity contribution < 1.29 is 9.59 Å². The first-order valence-electron chi connectivity index (χ1n) is 10.1. The summed E-state index contributed by atoms with van der Waals surface area (Å²) in [6.07, 6.45) is 0.184. The smallest absolute Gasteiger partial charge is 0.321 e. The lowest BCUT2D eigenvalue weighted by Gasteiger charge is -2.12. The zero-order valence-electron chi connectivity index (χ0n) is 17.6. The lowest BCUT2D eigenvalue weighted by molar-refractivity contribution is -0.119. The number of urea groups is 1. The topological polar surface area (TPSA) is 135 Å². The molecule has 0 radical (unpaired) electrons. The van der Waals surface area contributed by atoms with Crippen LogP contribution in [0.4, 0.5) is 22.4 Å². The van der Waals surface area contributed by atoms with Crippen molar-refractivity contribution in [2.45, 2.75) is 25.1 Å². The number of carbonyl (C=O) groups is 2. The first-order valence-corrected chi connectivity index (χ1v) is 11.1. The SMILES string of the molecule is CC(SCCC(=O)NC(=O)NCc1ccccc1)c1nc(N)nc(Nc2ccccc2)n1. The van der Waals surface area contributed by atoms with Gasteiger partial charge < -0.3 is 16.4 Å². The second-order valence-electron chi connectivity index (χ2n) is 6.85. The number of nitrogens with one attached hydrogen (secondary N) is 3. The minimum Gasteiger partial charge on any atom is -0.368 e. The molecule has 0 saturated carbocycles. The van der Waals surface area contributed by atoms with Crippen LogP contribution in [0.15, 0.2) is 60.7 Å². The fraction of sp³-hybridized carbons (Fsp3) is 0.227. The molecule has 0 fully saturated rings. The summed E-state index contributed by atoms with van der Waals surface area (Å²) in [4.78, 5) is 36.7. The number of anilines is 3. The Kier molecular flexibility index (Phi) is 8.38. The van der Waals surface area contributed by atoms with Gasteiger partial charge in [-0.2, -0.15) is 26.7 Å². The number of carbonyl (C=O) groups excluding carboxylic acids is 2. The van der Waals surface area contributed by atoms with Crippen LogP contribution in [0.1, 0.15) is 30.0 Å². The van der Waals surface area contributed by atoms with Crippen LogP contribution in [-0.4, -0.2) is 32.6 Å². The van der Waals surface area contributed by atoms with Crippen LogP contribution in [-0.2, 0) is 11.3 Å². The van der Waals surface area contributed by atoms with Crippen LogP contribution in [0.25, 0.3) is 0 Å². The highest BCUT2D eigenvalue weighted by Gasteiger charge is 2.14. The molecule has 32 heavy (non-hydrogen) atoms. The molecule has 0 spiro atoms. The number of nitrogens with two attached hydrogens (primary N) is 1. The number of amides is 3. The van der Waals surface area contributed by atoms with Crippen LogP contribution in [0, 0.1) is 0 Å². The van der Waals surface area contributed by atoms with E-state index < -0.39 is 6.03 Å². The Bertz CT molecular complexity index is 1030. The van der Waals surface area contributed by atoms with E-state index in [2.05, 4.69) is 30.9 Å². The number of benzene rings is 2. The van der Waals surface area contributed by atoms with E-state index in [9.17, 15) is 9.59 Å². The first-order chi connectivity index (χ1) is 15.5. The van der Waals surface area contributed by atoms with Gasteiger partial charge in [-0.15, -0.1) is 0 Å². The third-order valence-electron chi connectivity index (χ3n) is 4.31. The zero-order valence-corrected chi connectivity index (χ0v) is 18.4. The number of thioether (sulfide) groups is 1. The van der Waals surface area contributed by atoms with Crippen LogP contribution >= 0.6 is 11.8 Å². The maximum atomic E-state index is 12.0. The molecule has 1 unspecified atom stereocenters. The molecule has 1 aromatic heterocycles. The van der Waals surface area contributed by atoms with Crippen molar-refractivity contribution in [3.63, 3.8) is 0 Å². The summed E-state index contributed by atoms with van der Waals surface area (Å²) in [6, 6.07) is 18.5. The first kappa shape index (κ1) is 23.0. The van der Waals surface area contributed by atoms with Gasteiger partial charge in [0.25, 0.3) is 0 Å². The average Bonchev–Trinajstić information content (AvgIpc) is 2.78. The molecule has 5 N–H and O–H groups in total. The van der Waals surface area contributed by atoms with E-state index in [1.807, 2.05) is 67.6 Å². The standard InChI is InChI=1S/C22H25N7O2S/c1-15(19-27-20(23)29-21(28-19)25-17-10-6-3-7-11-17)32-13-12-18(30)26-22(31)24-14-16-8-4-2-5-9-16/h2-11,15H,12-14H2,1H3,(H2,24,26,30,31)(H3,23,25,27,28,29). The zero-order chi connectivity index (χ0) is 22.8. The Morgan fingerprint density at radius 2 is 1.69 bits per heavy atom. The van der Waals surface area contributed by atoms with Crippen molar-refractivity contribution in [1.82, 2.24) is 25.6 Å². The highest BCUT2D eigenvalue weighted by atomic mass is 32.2. The van der Waals surface area contributed by atoms with Gasteiger partial charge in [0.2, 0.25) is 17.8 Å². The number of hydrogen-bond acceptors (Lipinski definition) is 8. The molecule has 0 aliphatic heterocycles. The largest absolute Gasteiger partial charge is 0.368 e. The molecule has 0 aliphatic rings. The fourth-order valence-electron chi connectivity index (χ4n) is 2.71. The summed E-state index contributed by atoms with van der Waals surface area (Å²) in [5.74, 6) is 1.14. The van der Waals surface area contributed by atoms with Crippen molar-refractivity contribution in [1.29, 1.82) is 0 Å². The Morgan fingerprint density at radius 1 is 1.00 bits per heavy atom. The van der Waals surface area contributed by atoms with Gasteiger partial charge in [0, 0.05) is 24.4 Å². The summed E-state index contributed by atoms with van der Waals surface area (Å²) >= 11 is 1.49. The van der Waals surface area contributed by atoms with E-state index in [-0.39, 0.29) is 23.5 Å². The van der Waals surface area contributed by atoms with Gasteiger partial charge in [0.15, 0.2) is 0 Å². The Labute approximate surface area is 190 Å². The Morgan fingerprint density at radius 3 is 2.41 bits per heavy atom. The van der Waals surface area contributed by atoms with Gasteiger partial charge in [-0.3, -0.25) is 10.1 Å². The molecule has 0 saturated heterocycles. The third-order valence-corrected chi connectivity index (χ3v) is 5.46. The van der Waals surface area contributed by atoms with Crippen LogP contribution in [0.2, 0.25) is 0 Å². The van der Waals surface area contributed by atoms with Gasteiger partial charge in [-0.05, 0) is 24.6 Å². The number of nitrogen functional groups attached to an aromatic ring is 1. The highest BCUT2D eigenvalue weighted by Crippen LogP contribution is 2.27. The molecule has 0 aliphatic carbocycles. The minimum atomic E-state index is -0.515. The number of aromatic nitrogens is 3. The molecular formula is C22H25N7O2S. The number of imide groups is 1. The Balaban J connectivity index is 1.43. The van der Waals surface area contributed by atoms with E-state index >= 15 is 0 Å². The van der Waals surface area contributed by atoms with E-state index in [0.717, 1.165) is 11.3 Å². The molecule has 9 nitrogen and oxygen atoms in total. The summed E-state index contributed by atoms with van der Waals surface area (Å²) in [6.45, 7) is 2.28. The number of hydrogen-bond donors (Lipinski definition) is 4. The maximum absolute atomic E-state index is 12.0. The molecule has 1 heterocycles. The number of nitrogens with zero attached hydrogens (tertiary/aromatic N) is 3. The van der Waals surface area contributed by atoms with Gasteiger partial charge >= 0.3 is 6.03 Å². The van der Waals surface area contributed by atoms with Crippen molar-refractivity contribution in [3.8, 4) is 0 Å². The van der Waals surface area contributed by atoms with E-state index in [0.29, 0.717) is 24.1 Å². The normalized spacial score (nSPS) is 11.4. The van der Waals surface area contributed by atoms with Crippen LogP contribution in [0.3, 0.4) is 0 Å². The highest BCUT2D eigenvalue weighted by molar-refractivity contribution is 7.99. The summed E-state index contributed by atoms with van der Waals surface area (Å²) in [5, 5.41) is 7.98. The van der Waals surface area contributed by atoms with Gasteiger partial charge in [-0.25, -0.2) is 4.79 Å². The molecule has 10 heteroatoms. The molecule has 3 aromatic rings. The van der Waals surface area contributed by atoms with E-state index in [4.69, 9.17) is 5.73 Å². The molecule has 166 valence electrons. The van der Waals surface area contributed by atoms with E-state index in [1.165, 1.54) is 11.8 Å². The molecule has 1 atom stereocenters. The second kappa shape index (κ2) is 11.7. The fourth-order valence-corrected chi connectivity index (χ4v) is 3.62. The summed E-state index contributed by atoms with van der Waals surface area (Å²) in [7, 11) is 0. The lowest BCUT2D eigenvalue weighted by Crippen LogP contribution is -2.39. The molecule has 3 rings (SSSR count). The molecular weight excluding hydrogens is 426 g/mol. The minimum absolute atomic E-state index is 0.115. The maximum Gasteiger partial charge on any atom is 0.321 e. The summed E-state index contributed by atoms with van der Waals surface area (Å²) in [5.41, 5.74) is 7.63. The van der Waals surface area contributed by atoms with Crippen LogP contribution in [0.5, 0.6) is 0 Å². The lowest BCUT2D eigenvalue weighted by atomic mass is 10.2. The number of para-hydroxylation sites is 1. The predicted octanol–water partition coefficient (Wildman–Crippen LogP) is 3.41. The predicted molar refractivity (Wildman–Crippen MR) is 126 cm³/mol. The van der Waals surface area contributed by atoms with Gasteiger partial charge in [0.05, 0.1) is 5.25 Å². The van der Waals surface area contributed by atoms with E-state index in [1.54, 1.807) is 0 Å². The van der Waals surface area contributed by atoms with Crippen molar-refractivity contribution in [2.24, 2.45) is 0 Å². The number of rotatable bonds is 9. The van der Waals surface area contributed by atoms with Gasteiger partial charge in [-0.1, -0.05) is 48.5 Å². The van der Waals surface area contributed by atoms with Crippen molar-refractivity contribution >= 4 is 41.3 Å². The molecule has 2 aromatic carbocycles. The summed E-state index contributed by atoms with van der Waals surface area (Å²) < 4.78 is 0. The third kappa shape index (κ3) is 7.55. The quantitative estimate of drug-likeness (QED) is 0.389. The Hall–Kier alpha value is -3.66. The molecule has 3 amide bonds. The second-order valence-corrected chi connectivity index (χ2v) is 8.29. The van der Waals surface area contributed by atoms with Crippen molar-refractivity contribution in [2.75, 3.05) is 16.8 Å². The monoisotopic (exact) mass is 451 g/mol. The van der Waals surface area contributed by atoms with Gasteiger partial charge in [0.1, 0.15) is 5.82 Å². The van der Waals surface area contributed by atoms with Crippen LogP contribution < -0.4 is 21.7 Å². The van der Waals surface area contributed by atoms with Crippen molar-refractivity contribution in [3.05, 3.63) is 72.1 Å². The average molecular weight is 452 g/mol.